The number of nitrogens with one attached hydrogen (secondary N) is 3. The number of hydrogen-bond acceptors (Lipinski definition) is 8. The summed E-state index contributed by atoms with van der Waals surface area (Å²) in [4.78, 5) is 54.0. The number of fused-ring (bicyclic) bond motifs is 2. The second kappa shape index (κ2) is 11.8. The maximum atomic E-state index is 13.6. The maximum absolute atomic E-state index is 13.6. The summed E-state index contributed by atoms with van der Waals surface area (Å²) in [5.74, 6) is -2.52. The normalized spacial score (nSPS) is 31.2. The van der Waals surface area contributed by atoms with E-state index < -0.39 is 69.3 Å². The van der Waals surface area contributed by atoms with Crippen molar-refractivity contribution >= 4 is 34.0 Å². The van der Waals surface area contributed by atoms with E-state index in [1.165, 1.54) is 19.0 Å². The van der Waals surface area contributed by atoms with E-state index in [-0.39, 0.29) is 19.4 Å². The Morgan fingerprint density at radius 1 is 1.21 bits per heavy atom. The highest BCUT2D eigenvalue weighted by molar-refractivity contribution is 7.87. The summed E-state index contributed by atoms with van der Waals surface area (Å²) < 4.78 is 32.9. The van der Waals surface area contributed by atoms with Gasteiger partial charge in [0.2, 0.25) is 11.8 Å². The summed E-state index contributed by atoms with van der Waals surface area (Å²) in [6.45, 7) is 4.99. The van der Waals surface area contributed by atoms with Gasteiger partial charge in [0.05, 0.1) is 6.10 Å². The minimum atomic E-state index is -4.11. The molecule has 1 saturated carbocycles. The van der Waals surface area contributed by atoms with E-state index >= 15 is 0 Å². The first-order valence-electron chi connectivity index (χ1n) is 13.3. The Hall–Kier alpha value is -2.71. The molecule has 0 aromatic heterocycles. The van der Waals surface area contributed by atoms with Gasteiger partial charge in [-0.25, -0.2) is 9.52 Å². The Balaban J connectivity index is 1.88. The van der Waals surface area contributed by atoms with Crippen LogP contribution < -0.4 is 15.4 Å². The number of nitrogens with zero attached hydrogens (tertiary/aromatic N) is 2. The van der Waals surface area contributed by atoms with Gasteiger partial charge in [-0.2, -0.15) is 12.7 Å². The van der Waals surface area contributed by atoms with Crippen molar-refractivity contribution in [1.29, 1.82) is 0 Å². The van der Waals surface area contributed by atoms with Crippen molar-refractivity contribution < 1.29 is 37.4 Å². The van der Waals surface area contributed by atoms with Crippen molar-refractivity contribution in [3.63, 3.8) is 0 Å². The highest BCUT2D eigenvalue weighted by Crippen LogP contribution is 2.45. The molecular formula is C25H41N5O8S. The van der Waals surface area contributed by atoms with Crippen molar-refractivity contribution in [2.24, 2.45) is 5.92 Å². The third-order valence-electron chi connectivity index (χ3n) is 7.05. The van der Waals surface area contributed by atoms with Gasteiger partial charge in [0.1, 0.15) is 23.2 Å². The summed E-state index contributed by atoms with van der Waals surface area (Å²) in [5, 5.41) is 15.7. The molecule has 14 heteroatoms. The van der Waals surface area contributed by atoms with Gasteiger partial charge in [-0.1, -0.05) is 25.0 Å². The average Bonchev–Trinajstić information content (AvgIpc) is 3.35. The van der Waals surface area contributed by atoms with Crippen molar-refractivity contribution in [3.05, 3.63) is 12.2 Å². The molecule has 0 radical (unpaired) electrons. The highest BCUT2D eigenvalue weighted by atomic mass is 32.2. The summed E-state index contributed by atoms with van der Waals surface area (Å²) in [5.41, 5.74) is -2.28. The Labute approximate surface area is 229 Å². The molecule has 0 bridgehead atoms. The first-order chi connectivity index (χ1) is 18.1. The summed E-state index contributed by atoms with van der Waals surface area (Å²) in [7, 11) is -1.56. The molecule has 1 saturated heterocycles. The number of rotatable bonds is 4. The highest BCUT2D eigenvalue weighted by Gasteiger charge is 2.61. The third kappa shape index (κ3) is 7.70. The number of allylic oxidation sites excluding steroid dienone is 1. The molecule has 220 valence electrons. The molecule has 0 spiro atoms. The van der Waals surface area contributed by atoms with Crippen LogP contribution in [-0.4, -0.2) is 96.5 Å². The number of ether oxygens (including phenoxy) is 1. The largest absolute Gasteiger partial charge is 0.444 e. The van der Waals surface area contributed by atoms with Crippen LogP contribution in [0.5, 0.6) is 0 Å². The van der Waals surface area contributed by atoms with E-state index in [2.05, 4.69) is 10.6 Å². The van der Waals surface area contributed by atoms with Gasteiger partial charge in [0.15, 0.2) is 0 Å². The van der Waals surface area contributed by atoms with Crippen LogP contribution in [0.15, 0.2) is 12.2 Å². The Morgan fingerprint density at radius 2 is 1.90 bits per heavy atom. The van der Waals surface area contributed by atoms with Gasteiger partial charge in [-0.15, -0.1) is 0 Å². The fourth-order valence-electron chi connectivity index (χ4n) is 4.85. The lowest BCUT2D eigenvalue weighted by Crippen LogP contribution is -2.58. The number of alkyl carbamates (subject to hydrolysis) is 1. The summed E-state index contributed by atoms with van der Waals surface area (Å²) in [6, 6.07) is -2.08. The van der Waals surface area contributed by atoms with E-state index in [9.17, 15) is 32.7 Å². The predicted octanol–water partition coefficient (Wildman–Crippen LogP) is 0.159. The summed E-state index contributed by atoms with van der Waals surface area (Å²) in [6.07, 6.45) is 5.29. The van der Waals surface area contributed by atoms with Gasteiger partial charge in [-0.3, -0.25) is 14.4 Å². The number of aliphatic hydroxyl groups is 1. The number of aliphatic hydroxyl groups excluding tert-OH is 1. The molecule has 0 aromatic carbocycles. The fourth-order valence-corrected chi connectivity index (χ4v) is 5.44. The maximum Gasteiger partial charge on any atom is 0.408 e. The molecule has 1 aliphatic carbocycles. The third-order valence-corrected chi connectivity index (χ3v) is 8.46. The number of amides is 4. The van der Waals surface area contributed by atoms with Gasteiger partial charge in [0.25, 0.3) is 5.91 Å². The van der Waals surface area contributed by atoms with E-state index in [0.29, 0.717) is 19.3 Å². The number of carbonyl (C=O) groups is 4. The zero-order valence-corrected chi connectivity index (χ0v) is 24.0. The van der Waals surface area contributed by atoms with Gasteiger partial charge in [0, 0.05) is 33.0 Å². The topological polar surface area (TPSA) is 174 Å². The quantitative estimate of drug-likeness (QED) is 0.345. The van der Waals surface area contributed by atoms with E-state index in [0.717, 1.165) is 17.1 Å². The Morgan fingerprint density at radius 3 is 2.54 bits per heavy atom. The first kappa shape index (κ1) is 30.8. The van der Waals surface area contributed by atoms with E-state index in [1.54, 1.807) is 26.8 Å². The smallest absolute Gasteiger partial charge is 0.408 e. The molecule has 2 aliphatic heterocycles. The molecule has 3 rings (SSSR count). The van der Waals surface area contributed by atoms with Crippen LogP contribution in [0.3, 0.4) is 0 Å². The Kier molecular flexibility index (Phi) is 9.33. The minimum Gasteiger partial charge on any atom is -0.444 e. The van der Waals surface area contributed by atoms with Gasteiger partial charge < -0.3 is 25.4 Å². The molecule has 0 unspecified atom stereocenters. The van der Waals surface area contributed by atoms with Crippen LogP contribution in [0.2, 0.25) is 0 Å². The number of hydrogen-bond donors (Lipinski definition) is 4. The zero-order chi connectivity index (χ0) is 29.2. The summed E-state index contributed by atoms with van der Waals surface area (Å²) >= 11 is 0. The second-order valence-electron chi connectivity index (χ2n) is 11.7. The van der Waals surface area contributed by atoms with Crippen molar-refractivity contribution in [2.75, 3.05) is 20.6 Å². The van der Waals surface area contributed by atoms with Gasteiger partial charge >= 0.3 is 16.3 Å². The lowest BCUT2D eigenvalue weighted by Gasteiger charge is -2.30. The molecule has 3 aliphatic rings. The average molecular weight is 572 g/mol. The monoisotopic (exact) mass is 571 g/mol. The molecule has 39 heavy (non-hydrogen) atoms. The number of carbonyl (C=O) groups excluding carboxylic acids is 4. The van der Waals surface area contributed by atoms with Gasteiger partial charge in [-0.05, 0) is 46.5 Å². The molecule has 2 heterocycles. The lowest BCUT2D eigenvalue weighted by atomic mass is 10.0. The first-order valence-corrected chi connectivity index (χ1v) is 14.7. The lowest BCUT2D eigenvalue weighted by molar-refractivity contribution is -0.141. The molecule has 0 aromatic rings. The van der Waals surface area contributed by atoms with E-state index in [1.807, 2.05) is 10.8 Å². The van der Waals surface area contributed by atoms with E-state index in [4.69, 9.17) is 4.74 Å². The van der Waals surface area contributed by atoms with Crippen LogP contribution in [0.1, 0.15) is 65.7 Å². The van der Waals surface area contributed by atoms with Crippen molar-refractivity contribution in [2.45, 2.75) is 95.0 Å². The van der Waals surface area contributed by atoms with Crippen LogP contribution in [0.25, 0.3) is 0 Å². The minimum absolute atomic E-state index is 0.0646. The SMILES string of the molecule is CN(C)S(=O)(=O)NC(=O)[C@@]12C[C@@H]1/C=C\CCCCC[C@H](NC(=O)OC(C)(C)C)C(=O)N1C[C@H](O)C[C@H]1C(=O)N2. The molecule has 5 atom stereocenters. The van der Waals surface area contributed by atoms with Crippen LogP contribution in [-0.2, 0) is 29.3 Å². The molecule has 4 amide bonds. The van der Waals surface area contributed by atoms with Crippen molar-refractivity contribution in [3.8, 4) is 0 Å². The molecule has 2 fully saturated rings. The second-order valence-corrected chi connectivity index (χ2v) is 13.5. The predicted molar refractivity (Wildman–Crippen MR) is 141 cm³/mol. The zero-order valence-electron chi connectivity index (χ0n) is 23.2. The molecule has 13 nitrogen and oxygen atoms in total. The standard InChI is InChI=1S/C25H41N5O8S/c1-24(2,3)38-23(35)26-18-12-10-8-6-7-9-11-16-14-25(16,22(34)28-39(36,37)29(4)5)27-20(32)19-13-17(31)15-30(19)21(18)33/h9,11,16-19,31H,6-8,10,12-15H2,1-5H3,(H,26,35)(H,27,32)(H,28,34)/b11-9-/t16-,17+,18-,19-,25+/m0/s1. The van der Waals surface area contributed by atoms with Crippen LogP contribution >= 0.6 is 0 Å². The van der Waals surface area contributed by atoms with Crippen LogP contribution in [0.4, 0.5) is 4.79 Å². The Bertz CT molecular complexity index is 1100. The molecule has 4 N–H and O–H groups in total. The van der Waals surface area contributed by atoms with Crippen LogP contribution in [0, 0.1) is 5.92 Å². The molecular weight excluding hydrogens is 530 g/mol. The fraction of sp³-hybridized carbons (Fsp3) is 0.760. The van der Waals surface area contributed by atoms with Crippen molar-refractivity contribution in [1.82, 2.24) is 24.6 Å².